The number of alkyl halides is 3. The van der Waals surface area contributed by atoms with E-state index in [4.69, 9.17) is 0 Å². The highest BCUT2D eigenvalue weighted by Crippen LogP contribution is 2.32. The van der Waals surface area contributed by atoms with Crippen LogP contribution in [-0.4, -0.2) is 15.9 Å². The minimum atomic E-state index is -4.47. The number of carbonyl (C=O) groups is 1. The number of thiazole rings is 1. The van der Waals surface area contributed by atoms with Gasteiger partial charge in [0.2, 0.25) is 0 Å². The monoisotopic (exact) mass is 315 g/mol. The number of rotatable bonds is 4. The standard InChI is InChI=1S/C13H12F3N3OS/c1-2-9(12-19-10(7-21-12)13(14,15)16)18-11(20)8-4-3-5-17-6-8/h3-7,9H,2H2,1H3,(H,18,20). The Labute approximate surface area is 123 Å². The predicted molar refractivity (Wildman–Crippen MR) is 71.9 cm³/mol. The number of pyridine rings is 1. The zero-order chi connectivity index (χ0) is 15.5. The highest BCUT2D eigenvalue weighted by Gasteiger charge is 2.34. The van der Waals surface area contributed by atoms with Gasteiger partial charge in [0.1, 0.15) is 5.01 Å². The molecule has 2 aromatic heterocycles. The van der Waals surface area contributed by atoms with Gasteiger partial charge in [0, 0.05) is 17.8 Å². The van der Waals surface area contributed by atoms with Crippen LogP contribution in [0.1, 0.15) is 40.4 Å². The molecule has 0 aromatic carbocycles. The largest absolute Gasteiger partial charge is 0.434 e. The first kappa shape index (κ1) is 15.4. The van der Waals surface area contributed by atoms with Crippen molar-refractivity contribution < 1.29 is 18.0 Å². The summed E-state index contributed by atoms with van der Waals surface area (Å²) in [5.41, 5.74) is -0.583. The molecule has 0 saturated heterocycles. The van der Waals surface area contributed by atoms with Crippen molar-refractivity contribution in [2.75, 3.05) is 0 Å². The van der Waals surface area contributed by atoms with Crippen molar-refractivity contribution in [3.63, 3.8) is 0 Å². The Bertz CT molecular complexity index is 613. The number of hydrogen-bond acceptors (Lipinski definition) is 4. The lowest BCUT2D eigenvalue weighted by Crippen LogP contribution is -2.28. The molecule has 1 unspecified atom stereocenters. The van der Waals surface area contributed by atoms with Crippen LogP contribution in [0.15, 0.2) is 29.9 Å². The molecule has 2 heterocycles. The second-order valence-electron chi connectivity index (χ2n) is 4.24. The highest BCUT2D eigenvalue weighted by atomic mass is 32.1. The van der Waals surface area contributed by atoms with Crippen molar-refractivity contribution in [2.45, 2.75) is 25.6 Å². The van der Waals surface area contributed by atoms with E-state index in [9.17, 15) is 18.0 Å². The molecule has 0 aliphatic carbocycles. The van der Waals surface area contributed by atoms with E-state index < -0.39 is 23.8 Å². The van der Waals surface area contributed by atoms with Crippen LogP contribution in [0.2, 0.25) is 0 Å². The number of carbonyl (C=O) groups excluding carboxylic acids is 1. The van der Waals surface area contributed by atoms with Crippen LogP contribution in [-0.2, 0) is 6.18 Å². The average Bonchev–Trinajstić information content (AvgIpc) is 2.95. The van der Waals surface area contributed by atoms with Gasteiger partial charge < -0.3 is 5.32 Å². The number of aromatic nitrogens is 2. The Morgan fingerprint density at radius 3 is 2.76 bits per heavy atom. The molecule has 21 heavy (non-hydrogen) atoms. The van der Waals surface area contributed by atoms with Crippen molar-refractivity contribution >= 4 is 17.2 Å². The lowest BCUT2D eigenvalue weighted by molar-refractivity contribution is -0.140. The van der Waals surface area contributed by atoms with Crippen molar-refractivity contribution in [3.05, 3.63) is 46.2 Å². The molecule has 8 heteroatoms. The third-order valence-corrected chi connectivity index (χ3v) is 3.71. The van der Waals surface area contributed by atoms with E-state index in [0.717, 1.165) is 16.7 Å². The third kappa shape index (κ3) is 3.78. The molecule has 112 valence electrons. The molecule has 4 nitrogen and oxygen atoms in total. The van der Waals surface area contributed by atoms with E-state index in [2.05, 4.69) is 15.3 Å². The van der Waals surface area contributed by atoms with Crippen molar-refractivity contribution in [1.29, 1.82) is 0 Å². The first-order valence-electron chi connectivity index (χ1n) is 6.15. The summed E-state index contributed by atoms with van der Waals surface area (Å²) in [5.74, 6) is -0.390. The van der Waals surface area contributed by atoms with E-state index in [-0.39, 0.29) is 5.01 Å². The van der Waals surface area contributed by atoms with Gasteiger partial charge >= 0.3 is 6.18 Å². The van der Waals surface area contributed by atoms with Gasteiger partial charge in [-0.15, -0.1) is 11.3 Å². The van der Waals surface area contributed by atoms with Crippen molar-refractivity contribution in [2.24, 2.45) is 0 Å². The number of nitrogens with one attached hydrogen (secondary N) is 1. The zero-order valence-corrected chi connectivity index (χ0v) is 11.8. The van der Waals surface area contributed by atoms with Gasteiger partial charge in [-0.2, -0.15) is 13.2 Å². The van der Waals surface area contributed by atoms with Crippen LogP contribution in [0.3, 0.4) is 0 Å². The third-order valence-electron chi connectivity index (χ3n) is 2.75. The molecule has 1 atom stereocenters. The molecule has 0 bridgehead atoms. The van der Waals surface area contributed by atoms with Gasteiger partial charge in [-0.25, -0.2) is 4.98 Å². The van der Waals surface area contributed by atoms with E-state index in [0.29, 0.717) is 12.0 Å². The molecule has 0 spiro atoms. The predicted octanol–water partition coefficient (Wildman–Crippen LogP) is 3.44. The minimum absolute atomic E-state index is 0.238. The molecule has 2 aromatic rings. The number of hydrogen-bond donors (Lipinski definition) is 1. The summed E-state index contributed by atoms with van der Waals surface area (Å²) in [7, 11) is 0. The van der Waals surface area contributed by atoms with Crippen molar-refractivity contribution in [3.8, 4) is 0 Å². The average molecular weight is 315 g/mol. The van der Waals surface area contributed by atoms with Crippen LogP contribution in [0.25, 0.3) is 0 Å². The van der Waals surface area contributed by atoms with Gasteiger partial charge in [-0.05, 0) is 18.6 Å². The maximum atomic E-state index is 12.5. The molecular weight excluding hydrogens is 303 g/mol. The molecule has 1 amide bonds. The second kappa shape index (κ2) is 6.21. The van der Waals surface area contributed by atoms with E-state index in [1.54, 1.807) is 19.1 Å². The Kier molecular flexibility index (Phi) is 4.56. The topological polar surface area (TPSA) is 54.9 Å². The van der Waals surface area contributed by atoms with Gasteiger partial charge in [-0.1, -0.05) is 6.92 Å². The Morgan fingerprint density at radius 1 is 1.48 bits per heavy atom. The van der Waals surface area contributed by atoms with Crippen LogP contribution in [0, 0.1) is 0 Å². The molecule has 0 saturated carbocycles. The molecule has 0 aliphatic rings. The minimum Gasteiger partial charge on any atom is -0.343 e. The van der Waals surface area contributed by atoms with Gasteiger partial charge in [-0.3, -0.25) is 9.78 Å². The number of nitrogens with zero attached hydrogens (tertiary/aromatic N) is 2. The SMILES string of the molecule is CCC(NC(=O)c1cccnc1)c1nc(C(F)(F)F)cs1. The first-order chi connectivity index (χ1) is 9.91. The Morgan fingerprint density at radius 2 is 2.24 bits per heavy atom. The Hall–Kier alpha value is -1.96. The van der Waals surface area contributed by atoms with E-state index in [1.165, 1.54) is 12.4 Å². The highest BCUT2D eigenvalue weighted by molar-refractivity contribution is 7.09. The fourth-order valence-electron chi connectivity index (χ4n) is 1.65. The summed E-state index contributed by atoms with van der Waals surface area (Å²) in [6, 6.07) is 2.64. The van der Waals surface area contributed by atoms with Crippen LogP contribution in [0.5, 0.6) is 0 Å². The normalized spacial score (nSPS) is 13.0. The maximum absolute atomic E-state index is 12.5. The molecule has 0 fully saturated rings. The van der Waals surface area contributed by atoms with Gasteiger partial charge in [0.15, 0.2) is 5.69 Å². The molecule has 1 N–H and O–H groups in total. The lowest BCUT2D eigenvalue weighted by Gasteiger charge is -2.14. The summed E-state index contributed by atoms with van der Waals surface area (Å²) in [4.78, 5) is 19.4. The Balaban J connectivity index is 2.13. The van der Waals surface area contributed by atoms with Gasteiger partial charge in [0.25, 0.3) is 5.91 Å². The lowest BCUT2D eigenvalue weighted by atomic mass is 10.2. The number of amides is 1. The zero-order valence-electron chi connectivity index (χ0n) is 11.0. The second-order valence-corrected chi connectivity index (χ2v) is 5.13. The molecular formula is C13H12F3N3OS. The summed E-state index contributed by atoms with van der Waals surface area (Å²) < 4.78 is 37.6. The first-order valence-corrected chi connectivity index (χ1v) is 7.03. The summed E-state index contributed by atoms with van der Waals surface area (Å²) in [6.07, 6.45) is -1.10. The van der Waals surface area contributed by atoms with Crippen LogP contribution >= 0.6 is 11.3 Å². The number of halogens is 3. The quantitative estimate of drug-likeness (QED) is 0.940. The molecule has 0 aliphatic heterocycles. The summed E-state index contributed by atoms with van der Waals surface area (Å²) in [6.45, 7) is 1.77. The van der Waals surface area contributed by atoms with E-state index >= 15 is 0 Å². The fraction of sp³-hybridized carbons (Fsp3) is 0.308. The van der Waals surface area contributed by atoms with Crippen LogP contribution in [0.4, 0.5) is 13.2 Å². The van der Waals surface area contributed by atoms with Gasteiger partial charge in [0.05, 0.1) is 11.6 Å². The van der Waals surface area contributed by atoms with E-state index in [1.807, 2.05) is 0 Å². The van der Waals surface area contributed by atoms with Crippen LogP contribution < -0.4 is 5.32 Å². The summed E-state index contributed by atoms with van der Waals surface area (Å²) >= 11 is 0.885. The molecule has 0 radical (unpaired) electrons. The summed E-state index contributed by atoms with van der Waals surface area (Å²) in [5, 5.41) is 3.86. The maximum Gasteiger partial charge on any atom is 0.434 e. The van der Waals surface area contributed by atoms with Crippen molar-refractivity contribution in [1.82, 2.24) is 15.3 Å². The molecule has 2 rings (SSSR count). The smallest absolute Gasteiger partial charge is 0.343 e. The fourth-order valence-corrected chi connectivity index (χ4v) is 2.61.